The topological polar surface area (TPSA) is 78.9 Å². The van der Waals surface area contributed by atoms with Crippen LogP contribution in [0, 0.1) is 11.8 Å². The van der Waals surface area contributed by atoms with Crippen LogP contribution in [0.2, 0.25) is 0 Å². The van der Waals surface area contributed by atoms with Gasteiger partial charge in [0, 0.05) is 0 Å². The SMILES string of the molecule is O=C(OC[C@@]12CC[C@@H](O1)[C@H]1C(=O)OC(=O)[C@H]12)c1ccccc1. The van der Waals surface area contributed by atoms with E-state index in [0.717, 1.165) is 0 Å². The van der Waals surface area contributed by atoms with Crippen LogP contribution in [0.15, 0.2) is 30.3 Å². The third kappa shape index (κ3) is 1.80. The molecule has 114 valence electrons. The third-order valence-corrected chi connectivity index (χ3v) is 4.75. The molecule has 6 heteroatoms. The Bertz CT molecular complexity index is 654. The second-order valence-corrected chi connectivity index (χ2v) is 5.95. The molecule has 0 amide bonds. The molecule has 2 bridgehead atoms. The van der Waals surface area contributed by atoms with E-state index in [1.165, 1.54) is 0 Å². The van der Waals surface area contributed by atoms with Gasteiger partial charge in [0.15, 0.2) is 0 Å². The standard InChI is InChI=1S/C16H14O6/c17-13(9-4-2-1-3-5-9)20-8-16-7-6-10(22-16)11-12(16)15(19)21-14(11)18/h1-5,10-12H,6-8H2/t10-,11-,12+,16-/m1/s1. The van der Waals surface area contributed by atoms with Crippen molar-refractivity contribution in [2.45, 2.75) is 24.5 Å². The van der Waals surface area contributed by atoms with E-state index < -0.39 is 35.3 Å². The molecule has 4 rings (SSSR count). The molecule has 1 aromatic rings. The molecule has 3 fully saturated rings. The second-order valence-electron chi connectivity index (χ2n) is 5.95. The van der Waals surface area contributed by atoms with Gasteiger partial charge in [-0.05, 0) is 25.0 Å². The molecule has 0 aromatic heterocycles. The van der Waals surface area contributed by atoms with E-state index in [-0.39, 0.29) is 12.7 Å². The smallest absolute Gasteiger partial charge is 0.338 e. The van der Waals surface area contributed by atoms with Gasteiger partial charge in [0.25, 0.3) is 0 Å². The van der Waals surface area contributed by atoms with Crippen molar-refractivity contribution in [3.8, 4) is 0 Å². The maximum absolute atomic E-state index is 12.1. The average molecular weight is 302 g/mol. The van der Waals surface area contributed by atoms with E-state index in [9.17, 15) is 14.4 Å². The number of fused-ring (bicyclic) bond motifs is 5. The molecule has 0 unspecified atom stereocenters. The number of carbonyl (C=O) groups excluding carboxylic acids is 3. The van der Waals surface area contributed by atoms with Crippen LogP contribution in [-0.2, 0) is 23.8 Å². The number of rotatable bonds is 3. The summed E-state index contributed by atoms with van der Waals surface area (Å²) in [6.07, 6.45) is 0.954. The first-order valence-corrected chi connectivity index (χ1v) is 7.26. The molecule has 3 aliphatic heterocycles. The van der Waals surface area contributed by atoms with E-state index in [1.807, 2.05) is 6.07 Å². The summed E-state index contributed by atoms with van der Waals surface area (Å²) in [4.78, 5) is 35.7. The summed E-state index contributed by atoms with van der Waals surface area (Å²) in [7, 11) is 0. The zero-order valence-electron chi connectivity index (χ0n) is 11.7. The van der Waals surface area contributed by atoms with Crippen LogP contribution >= 0.6 is 0 Å². The number of benzene rings is 1. The summed E-state index contributed by atoms with van der Waals surface area (Å²) in [6.45, 7) is -0.0409. The molecular weight excluding hydrogens is 288 g/mol. The van der Waals surface area contributed by atoms with Crippen molar-refractivity contribution in [3.05, 3.63) is 35.9 Å². The Morgan fingerprint density at radius 1 is 1.23 bits per heavy atom. The van der Waals surface area contributed by atoms with Crippen LogP contribution in [0.1, 0.15) is 23.2 Å². The van der Waals surface area contributed by atoms with Crippen molar-refractivity contribution >= 4 is 17.9 Å². The Labute approximate surface area is 126 Å². The molecular formula is C16H14O6. The van der Waals surface area contributed by atoms with Gasteiger partial charge < -0.3 is 14.2 Å². The number of hydrogen-bond donors (Lipinski definition) is 0. The van der Waals surface area contributed by atoms with Crippen molar-refractivity contribution in [3.63, 3.8) is 0 Å². The Morgan fingerprint density at radius 2 is 2.00 bits per heavy atom. The average Bonchev–Trinajstić information content (AvgIpc) is 3.18. The highest BCUT2D eigenvalue weighted by atomic mass is 16.6. The van der Waals surface area contributed by atoms with E-state index in [0.29, 0.717) is 18.4 Å². The van der Waals surface area contributed by atoms with Gasteiger partial charge in [0.2, 0.25) is 0 Å². The normalized spacial score (nSPS) is 35.4. The van der Waals surface area contributed by atoms with E-state index in [1.54, 1.807) is 24.3 Å². The fourth-order valence-electron chi connectivity index (χ4n) is 3.75. The maximum atomic E-state index is 12.1. The van der Waals surface area contributed by atoms with Gasteiger partial charge in [-0.3, -0.25) is 9.59 Å². The molecule has 6 nitrogen and oxygen atoms in total. The molecule has 0 radical (unpaired) electrons. The Hall–Kier alpha value is -2.21. The number of ether oxygens (including phenoxy) is 3. The van der Waals surface area contributed by atoms with Crippen molar-refractivity contribution in [1.29, 1.82) is 0 Å². The Morgan fingerprint density at radius 3 is 2.77 bits per heavy atom. The number of cyclic esters (lactones) is 2. The first kappa shape index (κ1) is 13.5. The lowest BCUT2D eigenvalue weighted by Crippen LogP contribution is -2.44. The first-order chi connectivity index (χ1) is 10.6. The van der Waals surface area contributed by atoms with Gasteiger partial charge in [0.05, 0.1) is 17.6 Å². The molecule has 3 aliphatic rings. The Kier molecular flexibility index (Phi) is 2.84. The molecule has 3 heterocycles. The van der Waals surface area contributed by atoms with Crippen LogP contribution in [0.3, 0.4) is 0 Å². The lowest BCUT2D eigenvalue weighted by Gasteiger charge is -2.28. The van der Waals surface area contributed by atoms with Crippen LogP contribution < -0.4 is 0 Å². The summed E-state index contributed by atoms with van der Waals surface area (Å²) >= 11 is 0. The van der Waals surface area contributed by atoms with Gasteiger partial charge >= 0.3 is 17.9 Å². The first-order valence-electron chi connectivity index (χ1n) is 7.26. The largest absolute Gasteiger partial charge is 0.459 e. The highest BCUT2D eigenvalue weighted by Gasteiger charge is 2.69. The number of esters is 3. The number of hydrogen-bond acceptors (Lipinski definition) is 6. The predicted octanol–water partition coefficient (Wildman–Crippen LogP) is 1.09. The summed E-state index contributed by atoms with van der Waals surface area (Å²) in [5.74, 6) is -2.74. The van der Waals surface area contributed by atoms with Crippen LogP contribution in [0.5, 0.6) is 0 Å². The third-order valence-electron chi connectivity index (χ3n) is 4.75. The molecule has 0 N–H and O–H groups in total. The quantitative estimate of drug-likeness (QED) is 0.614. The fraction of sp³-hybridized carbons (Fsp3) is 0.438. The van der Waals surface area contributed by atoms with Crippen molar-refractivity contribution in [2.24, 2.45) is 11.8 Å². The van der Waals surface area contributed by atoms with Crippen molar-refractivity contribution in [1.82, 2.24) is 0 Å². The van der Waals surface area contributed by atoms with E-state index in [4.69, 9.17) is 14.2 Å². The predicted molar refractivity (Wildman–Crippen MR) is 71.6 cm³/mol. The van der Waals surface area contributed by atoms with Gasteiger partial charge in [-0.15, -0.1) is 0 Å². The van der Waals surface area contributed by atoms with Gasteiger partial charge in [-0.25, -0.2) is 4.79 Å². The van der Waals surface area contributed by atoms with Crippen molar-refractivity contribution < 1.29 is 28.6 Å². The fourth-order valence-corrected chi connectivity index (χ4v) is 3.75. The monoisotopic (exact) mass is 302 g/mol. The van der Waals surface area contributed by atoms with Gasteiger partial charge in [0.1, 0.15) is 18.1 Å². The molecule has 1 aromatic carbocycles. The van der Waals surface area contributed by atoms with Crippen LogP contribution in [-0.4, -0.2) is 36.2 Å². The zero-order valence-corrected chi connectivity index (χ0v) is 11.7. The Balaban J connectivity index is 1.52. The molecule has 0 saturated carbocycles. The maximum Gasteiger partial charge on any atom is 0.338 e. The van der Waals surface area contributed by atoms with Gasteiger partial charge in [-0.1, -0.05) is 18.2 Å². The van der Waals surface area contributed by atoms with E-state index in [2.05, 4.69) is 0 Å². The summed E-state index contributed by atoms with van der Waals surface area (Å²) in [5, 5.41) is 0. The van der Waals surface area contributed by atoms with E-state index >= 15 is 0 Å². The summed E-state index contributed by atoms with van der Waals surface area (Å²) in [6, 6.07) is 8.61. The molecule has 4 atom stereocenters. The summed E-state index contributed by atoms with van der Waals surface area (Å²) in [5.41, 5.74) is -0.476. The minimum Gasteiger partial charge on any atom is -0.459 e. The lowest BCUT2D eigenvalue weighted by molar-refractivity contribution is -0.160. The lowest BCUT2D eigenvalue weighted by atomic mass is 9.73. The highest BCUT2D eigenvalue weighted by molar-refractivity contribution is 5.98. The minimum atomic E-state index is -0.914. The zero-order chi connectivity index (χ0) is 15.3. The van der Waals surface area contributed by atoms with Crippen LogP contribution in [0.25, 0.3) is 0 Å². The second kappa shape index (κ2) is 4.64. The highest BCUT2D eigenvalue weighted by Crippen LogP contribution is 2.54. The molecule has 0 spiro atoms. The van der Waals surface area contributed by atoms with Crippen LogP contribution in [0.4, 0.5) is 0 Å². The minimum absolute atomic E-state index is 0.0409. The summed E-state index contributed by atoms with van der Waals surface area (Å²) < 4.78 is 15.9. The molecule has 3 saturated heterocycles. The van der Waals surface area contributed by atoms with Gasteiger partial charge in [-0.2, -0.15) is 0 Å². The number of carbonyl (C=O) groups is 3. The molecule has 22 heavy (non-hydrogen) atoms. The molecule has 0 aliphatic carbocycles. The van der Waals surface area contributed by atoms with Crippen molar-refractivity contribution in [2.75, 3.05) is 6.61 Å².